The minimum atomic E-state index is 0.633. The van der Waals surface area contributed by atoms with Crippen molar-refractivity contribution in [3.05, 3.63) is 12.4 Å². The largest absolute Gasteiger partial charge is 0.310 e. The SMILES string of the molecule is CCCCCCCCCCCCCCCC(CC)N1C=CNN1. The highest BCUT2D eigenvalue weighted by molar-refractivity contribution is 4.86. The third kappa shape index (κ3) is 10.6. The summed E-state index contributed by atoms with van der Waals surface area (Å²) in [5.41, 5.74) is 6.21. The summed E-state index contributed by atoms with van der Waals surface area (Å²) in [6.45, 7) is 4.57. The van der Waals surface area contributed by atoms with E-state index in [0.717, 1.165) is 0 Å². The molecule has 3 heteroatoms. The predicted molar refractivity (Wildman–Crippen MR) is 102 cm³/mol. The maximum atomic E-state index is 3.18. The van der Waals surface area contributed by atoms with Crippen LogP contribution in [0.2, 0.25) is 0 Å². The van der Waals surface area contributed by atoms with Crippen molar-refractivity contribution in [3.8, 4) is 0 Å². The van der Waals surface area contributed by atoms with Crippen LogP contribution in [-0.4, -0.2) is 11.1 Å². The summed E-state index contributed by atoms with van der Waals surface area (Å²) in [6.07, 6.45) is 25.2. The monoisotopic (exact) mass is 323 g/mol. The smallest absolute Gasteiger partial charge is 0.0463 e. The Kier molecular flexibility index (Phi) is 13.1. The molecular formula is C20H41N3. The molecule has 0 fully saturated rings. The third-order valence-electron chi connectivity index (χ3n) is 5.02. The lowest BCUT2D eigenvalue weighted by molar-refractivity contribution is 0.179. The molecule has 2 N–H and O–H groups in total. The van der Waals surface area contributed by atoms with E-state index in [9.17, 15) is 0 Å². The van der Waals surface area contributed by atoms with Gasteiger partial charge >= 0.3 is 0 Å². The quantitative estimate of drug-likeness (QED) is 0.339. The molecule has 136 valence electrons. The molecule has 0 spiro atoms. The summed E-state index contributed by atoms with van der Waals surface area (Å²) >= 11 is 0. The molecule has 1 atom stereocenters. The fourth-order valence-electron chi connectivity index (χ4n) is 3.42. The number of hydrogen-bond donors (Lipinski definition) is 2. The van der Waals surface area contributed by atoms with Gasteiger partial charge in [-0.05, 0) is 12.8 Å². The van der Waals surface area contributed by atoms with Crippen LogP contribution >= 0.6 is 0 Å². The van der Waals surface area contributed by atoms with Gasteiger partial charge in [-0.15, -0.1) is 5.53 Å². The van der Waals surface area contributed by atoms with Gasteiger partial charge in [0.1, 0.15) is 0 Å². The molecule has 0 radical (unpaired) electrons. The van der Waals surface area contributed by atoms with Crippen LogP contribution in [0.3, 0.4) is 0 Å². The summed E-state index contributed by atoms with van der Waals surface area (Å²) in [5.74, 6) is 0. The molecule has 1 unspecified atom stereocenters. The van der Waals surface area contributed by atoms with E-state index in [2.05, 4.69) is 36.0 Å². The molecule has 0 aromatic rings. The molecule has 3 nitrogen and oxygen atoms in total. The Labute approximate surface area is 145 Å². The molecule has 1 heterocycles. The molecule has 0 aromatic heterocycles. The lowest BCUT2D eigenvalue weighted by Crippen LogP contribution is -2.42. The average Bonchev–Trinajstić information content (AvgIpc) is 3.09. The molecule has 0 amide bonds. The van der Waals surface area contributed by atoms with Gasteiger partial charge < -0.3 is 5.43 Å². The second-order valence-corrected chi connectivity index (χ2v) is 7.07. The van der Waals surface area contributed by atoms with E-state index in [1.165, 1.54) is 96.3 Å². The van der Waals surface area contributed by atoms with Crippen molar-refractivity contribution in [2.24, 2.45) is 0 Å². The maximum absolute atomic E-state index is 3.18. The zero-order valence-corrected chi connectivity index (χ0v) is 15.8. The van der Waals surface area contributed by atoms with Crippen molar-refractivity contribution in [2.75, 3.05) is 0 Å². The zero-order chi connectivity index (χ0) is 16.6. The Balaban J connectivity index is 1.80. The number of rotatable bonds is 16. The molecule has 0 saturated carbocycles. The Morgan fingerprint density at radius 2 is 1.26 bits per heavy atom. The van der Waals surface area contributed by atoms with Gasteiger partial charge in [-0.3, -0.25) is 5.01 Å². The lowest BCUT2D eigenvalue weighted by Gasteiger charge is -2.26. The van der Waals surface area contributed by atoms with Crippen LogP contribution in [0, 0.1) is 0 Å². The molecule has 0 saturated heterocycles. The number of nitrogens with one attached hydrogen (secondary N) is 2. The first-order valence-corrected chi connectivity index (χ1v) is 10.3. The predicted octanol–water partition coefficient (Wildman–Crippen LogP) is 6.04. The van der Waals surface area contributed by atoms with Crippen molar-refractivity contribution < 1.29 is 0 Å². The van der Waals surface area contributed by atoms with E-state index in [1.807, 2.05) is 6.20 Å². The van der Waals surface area contributed by atoms with Crippen molar-refractivity contribution in [1.29, 1.82) is 0 Å². The topological polar surface area (TPSA) is 27.3 Å². The van der Waals surface area contributed by atoms with E-state index >= 15 is 0 Å². The van der Waals surface area contributed by atoms with Gasteiger partial charge in [0, 0.05) is 18.4 Å². The van der Waals surface area contributed by atoms with Crippen LogP contribution in [0.15, 0.2) is 12.4 Å². The minimum Gasteiger partial charge on any atom is -0.310 e. The molecule has 1 aliphatic heterocycles. The Hall–Kier alpha value is -0.700. The Bertz CT molecular complexity index is 278. The maximum Gasteiger partial charge on any atom is 0.0463 e. The Morgan fingerprint density at radius 1 is 0.739 bits per heavy atom. The minimum absolute atomic E-state index is 0.633. The summed E-state index contributed by atoms with van der Waals surface area (Å²) in [7, 11) is 0. The van der Waals surface area contributed by atoms with Crippen LogP contribution in [0.4, 0.5) is 0 Å². The van der Waals surface area contributed by atoms with Gasteiger partial charge in [-0.1, -0.05) is 97.3 Å². The van der Waals surface area contributed by atoms with Gasteiger partial charge in [0.2, 0.25) is 0 Å². The molecule has 0 aliphatic carbocycles. The van der Waals surface area contributed by atoms with Crippen LogP contribution in [0.1, 0.15) is 110 Å². The van der Waals surface area contributed by atoms with Crippen LogP contribution < -0.4 is 11.0 Å². The fourth-order valence-corrected chi connectivity index (χ4v) is 3.42. The Morgan fingerprint density at radius 3 is 1.70 bits per heavy atom. The first-order valence-electron chi connectivity index (χ1n) is 10.3. The van der Waals surface area contributed by atoms with E-state index in [4.69, 9.17) is 0 Å². The van der Waals surface area contributed by atoms with E-state index in [0.29, 0.717) is 6.04 Å². The molecule has 1 aliphatic rings. The fraction of sp³-hybridized carbons (Fsp3) is 0.900. The third-order valence-corrected chi connectivity index (χ3v) is 5.02. The van der Waals surface area contributed by atoms with Gasteiger partial charge in [-0.2, -0.15) is 0 Å². The van der Waals surface area contributed by atoms with Gasteiger partial charge in [0.25, 0.3) is 0 Å². The van der Waals surface area contributed by atoms with E-state index in [1.54, 1.807) is 0 Å². The second kappa shape index (κ2) is 14.9. The molecule has 0 aromatic carbocycles. The summed E-state index contributed by atoms with van der Waals surface area (Å²) in [5, 5.41) is 2.21. The first kappa shape index (κ1) is 20.3. The standard InChI is InChI=1S/C20H41N3/c1-3-5-6-7-8-9-10-11-12-13-14-15-16-17-20(4-2)23-19-18-21-22-23/h18-22H,3-17H2,1-2H3. The highest BCUT2D eigenvalue weighted by Gasteiger charge is 2.14. The van der Waals surface area contributed by atoms with Crippen molar-refractivity contribution in [2.45, 2.75) is 116 Å². The van der Waals surface area contributed by atoms with Gasteiger partial charge in [-0.25, -0.2) is 0 Å². The highest BCUT2D eigenvalue weighted by Crippen LogP contribution is 2.16. The molecular weight excluding hydrogens is 282 g/mol. The van der Waals surface area contributed by atoms with Crippen molar-refractivity contribution >= 4 is 0 Å². The van der Waals surface area contributed by atoms with E-state index in [-0.39, 0.29) is 0 Å². The zero-order valence-electron chi connectivity index (χ0n) is 15.8. The lowest BCUT2D eigenvalue weighted by atomic mass is 10.0. The summed E-state index contributed by atoms with van der Waals surface area (Å²) in [6, 6.07) is 0.633. The molecule has 23 heavy (non-hydrogen) atoms. The number of hydrazine groups is 2. The first-order chi connectivity index (χ1) is 11.4. The normalized spacial score (nSPS) is 15.1. The van der Waals surface area contributed by atoms with Crippen LogP contribution in [0.5, 0.6) is 0 Å². The summed E-state index contributed by atoms with van der Waals surface area (Å²) in [4.78, 5) is 0. The highest BCUT2D eigenvalue weighted by atomic mass is 15.7. The molecule has 1 rings (SSSR count). The average molecular weight is 324 g/mol. The number of nitrogens with zero attached hydrogens (tertiary/aromatic N) is 1. The number of unbranched alkanes of at least 4 members (excludes halogenated alkanes) is 12. The van der Waals surface area contributed by atoms with Crippen molar-refractivity contribution in [3.63, 3.8) is 0 Å². The van der Waals surface area contributed by atoms with Crippen LogP contribution in [-0.2, 0) is 0 Å². The van der Waals surface area contributed by atoms with E-state index < -0.39 is 0 Å². The second-order valence-electron chi connectivity index (χ2n) is 7.07. The van der Waals surface area contributed by atoms with Gasteiger partial charge in [0.05, 0.1) is 0 Å². The van der Waals surface area contributed by atoms with Crippen LogP contribution in [0.25, 0.3) is 0 Å². The van der Waals surface area contributed by atoms with Crippen molar-refractivity contribution in [1.82, 2.24) is 16.0 Å². The van der Waals surface area contributed by atoms with Gasteiger partial charge in [0.15, 0.2) is 0 Å². The molecule has 0 bridgehead atoms. The summed E-state index contributed by atoms with van der Waals surface area (Å²) < 4.78 is 0. The number of hydrogen-bond acceptors (Lipinski definition) is 3.